The van der Waals surface area contributed by atoms with Crippen molar-refractivity contribution in [1.29, 1.82) is 0 Å². The van der Waals surface area contributed by atoms with Gasteiger partial charge in [0.05, 0.1) is 6.10 Å². The van der Waals surface area contributed by atoms with Crippen molar-refractivity contribution in [1.82, 2.24) is 15.5 Å². The molecule has 1 atom stereocenters. The number of ether oxygens (including phenoxy) is 1. The first-order chi connectivity index (χ1) is 9.45. The molecule has 0 saturated carbocycles. The largest absolute Gasteiger partial charge is 0.376 e. The van der Waals surface area contributed by atoms with E-state index in [1.54, 1.807) is 0 Å². The van der Waals surface area contributed by atoms with Crippen molar-refractivity contribution in [3.8, 4) is 0 Å². The van der Waals surface area contributed by atoms with Crippen LogP contribution in [-0.2, 0) is 4.74 Å². The molecule has 5 heteroatoms. The fourth-order valence-corrected chi connectivity index (χ4v) is 2.94. The van der Waals surface area contributed by atoms with Gasteiger partial charge in [-0.2, -0.15) is 0 Å². The third-order valence-electron chi connectivity index (χ3n) is 4.29. The Labute approximate surface area is 122 Å². The second-order valence-corrected chi connectivity index (χ2v) is 6.92. The maximum atomic E-state index is 11.9. The van der Waals surface area contributed by atoms with Gasteiger partial charge in [-0.05, 0) is 46.5 Å². The lowest BCUT2D eigenvalue weighted by atomic mass is 9.98. The molecule has 0 aromatic carbocycles. The van der Waals surface area contributed by atoms with E-state index in [1.165, 1.54) is 0 Å². The van der Waals surface area contributed by atoms with Gasteiger partial charge in [0.1, 0.15) is 0 Å². The molecule has 0 bridgehead atoms. The first-order valence-electron chi connectivity index (χ1n) is 7.86. The monoisotopic (exact) mass is 283 g/mol. The number of amides is 2. The highest BCUT2D eigenvalue weighted by molar-refractivity contribution is 5.74. The van der Waals surface area contributed by atoms with E-state index in [0.717, 1.165) is 45.4 Å². The minimum absolute atomic E-state index is 0.0466. The Bertz CT molecular complexity index is 314. The summed E-state index contributed by atoms with van der Waals surface area (Å²) in [6.45, 7) is 10.3. The Kier molecular flexibility index (Phi) is 5.27. The van der Waals surface area contributed by atoms with Gasteiger partial charge in [-0.25, -0.2) is 4.79 Å². The lowest BCUT2D eigenvalue weighted by molar-refractivity contribution is 0.0964. The molecule has 0 spiro atoms. The molecule has 0 aromatic rings. The van der Waals surface area contributed by atoms with Crippen LogP contribution in [0.4, 0.5) is 4.79 Å². The quantitative estimate of drug-likeness (QED) is 0.829. The summed E-state index contributed by atoms with van der Waals surface area (Å²) in [4.78, 5) is 14.3. The SMILES string of the molecule is CC(C)(C)N1CCC(NC(=O)NCC2CCCO2)CC1. The highest BCUT2D eigenvalue weighted by Gasteiger charge is 2.27. The third kappa shape index (κ3) is 4.63. The molecule has 0 radical (unpaired) electrons. The molecular formula is C15H29N3O2. The zero-order valence-corrected chi connectivity index (χ0v) is 13.1. The van der Waals surface area contributed by atoms with Crippen LogP contribution in [0.1, 0.15) is 46.5 Å². The van der Waals surface area contributed by atoms with Crippen LogP contribution in [0, 0.1) is 0 Å². The van der Waals surface area contributed by atoms with Crippen LogP contribution < -0.4 is 10.6 Å². The highest BCUT2D eigenvalue weighted by Crippen LogP contribution is 2.20. The van der Waals surface area contributed by atoms with Crippen LogP contribution in [0.25, 0.3) is 0 Å². The summed E-state index contributed by atoms with van der Waals surface area (Å²) in [5.74, 6) is 0. The molecule has 2 saturated heterocycles. The molecule has 0 aromatic heterocycles. The Morgan fingerprint density at radius 2 is 1.95 bits per heavy atom. The Morgan fingerprint density at radius 1 is 1.25 bits per heavy atom. The number of urea groups is 1. The summed E-state index contributed by atoms with van der Waals surface area (Å²) in [5.41, 5.74) is 0.229. The molecular weight excluding hydrogens is 254 g/mol. The summed E-state index contributed by atoms with van der Waals surface area (Å²) in [5, 5.41) is 6.01. The van der Waals surface area contributed by atoms with Crippen LogP contribution in [0.3, 0.4) is 0 Å². The molecule has 0 aliphatic carbocycles. The van der Waals surface area contributed by atoms with E-state index in [0.29, 0.717) is 12.6 Å². The molecule has 5 nitrogen and oxygen atoms in total. The molecule has 2 fully saturated rings. The highest BCUT2D eigenvalue weighted by atomic mass is 16.5. The number of hydrogen-bond acceptors (Lipinski definition) is 3. The van der Waals surface area contributed by atoms with E-state index in [4.69, 9.17) is 4.74 Å². The number of carbonyl (C=O) groups is 1. The summed E-state index contributed by atoms with van der Waals surface area (Å²) in [6.07, 6.45) is 4.45. The van der Waals surface area contributed by atoms with Gasteiger partial charge in [-0.1, -0.05) is 0 Å². The van der Waals surface area contributed by atoms with Crippen molar-refractivity contribution in [3.63, 3.8) is 0 Å². The number of piperidine rings is 1. The normalized spacial score (nSPS) is 25.6. The van der Waals surface area contributed by atoms with Crippen molar-refractivity contribution >= 4 is 6.03 Å². The van der Waals surface area contributed by atoms with E-state index < -0.39 is 0 Å². The maximum absolute atomic E-state index is 11.9. The summed E-state index contributed by atoms with van der Waals surface area (Å²) < 4.78 is 5.50. The average Bonchev–Trinajstić information content (AvgIpc) is 2.89. The van der Waals surface area contributed by atoms with E-state index in [1.807, 2.05) is 0 Å². The number of rotatable bonds is 3. The number of nitrogens with one attached hydrogen (secondary N) is 2. The second-order valence-electron chi connectivity index (χ2n) is 6.92. The first kappa shape index (κ1) is 15.6. The van der Waals surface area contributed by atoms with Gasteiger partial charge in [0.25, 0.3) is 0 Å². The minimum Gasteiger partial charge on any atom is -0.376 e. The maximum Gasteiger partial charge on any atom is 0.315 e. The van der Waals surface area contributed by atoms with Crippen molar-refractivity contribution in [3.05, 3.63) is 0 Å². The molecule has 1 unspecified atom stereocenters. The molecule has 2 amide bonds. The standard InChI is InChI=1S/C15H29N3O2/c1-15(2,3)18-8-6-12(7-9-18)17-14(19)16-11-13-5-4-10-20-13/h12-13H,4-11H2,1-3H3,(H2,16,17,19). The van der Waals surface area contributed by atoms with E-state index in [9.17, 15) is 4.79 Å². The van der Waals surface area contributed by atoms with Gasteiger partial charge in [-0.15, -0.1) is 0 Å². The van der Waals surface area contributed by atoms with Gasteiger partial charge in [0, 0.05) is 37.8 Å². The minimum atomic E-state index is -0.0466. The third-order valence-corrected chi connectivity index (χ3v) is 4.29. The van der Waals surface area contributed by atoms with Crippen LogP contribution >= 0.6 is 0 Å². The Balaban J connectivity index is 1.63. The molecule has 116 valence electrons. The molecule has 2 heterocycles. The zero-order chi connectivity index (χ0) is 14.6. The zero-order valence-electron chi connectivity index (χ0n) is 13.1. The van der Waals surface area contributed by atoms with E-state index in [-0.39, 0.29) is 17.7 Å². The van der Waals surface area contributed by atoms with Crippen LogP contribution in [0.5, 0.6) is 0 Å². The Morgan fingerprint density at radius 3 is 2.50 bits per heavy atom. The number of likely N-dealkylation sites (tertiary alicyclic amines) is 1. The Hall–Kier alpha value is -0.810. The predicted molar refractivity (Wildman–Crippen MR) is 79.9 cm³/mol. The van der Waals surface area contributed by atoms with Crippen LogP contribution in [0.2, 0.25) is 0 Å². The summed E-state index contributed by atoms with van der Waals surface area (Å²) in [6, 6.07) is 0.257. The second kappa shape index (κ2) is 6.76. The topological polar surface area (TPSA) is 53.6 Å². The predicted octanol–water partition coefficient (Wildman–Crippen LogP) is 1.73. The number of hydrogen-bond donors (Lipinski definition) is 2. The van der Waals surface area contributed by atoms with E-state index >= 15 is 0 Å². The van der Waals surface area contributed by atoms with Gasteiger partial charge < -0.3 is 15.4 Å². The summed E-state index contributed by atoms with van der Waals surface area (Å²) >= 11 is 0. The van der Waals surface area contributed by atoms with Gasteiger partial charge in [0.2, 0.25) is 0 Å². The number of nitrogens with zero attached hydrogens (tertiary/aromatic N) is 1. The van der Waals surface area contributed by atoms with Gasteiger partial charge in [-0.3, -0.25) is 4.90 Å². The number of carbonyl (C=O) groups excluding carboxylic acids is 1. The lowest BCUT2D eigenvalue weighted by Crippen LogP contribution is -2.52. The first-order valence-corrected chi connectivity index (χ1v) is 7.86. The smallest absolute Gasteiger partial charge is 0.315 e. The fourth-order valence-electron chi connectivity index (χ4n) is 2.94. The van der Waals surface area contributed by atoms with Crippen LogP contribution in [-0.4, -0.2) is 54.9 Å². The average molecular weight is 283 g/mol. The summed E-state index contributed by atoms with van der Waals surface area (Å²) in [7, 11) is 0. The van der Waals surface area contributed by atoms with Crippen molar-refractivity contribution in [2.75, 3.05) is 26.2 Å². The molecule has 20 heavy (non-hydrogen) atoms. The van der Waals surface area contributed by atoms with Gasteiger partial charge in [0.15, 0.2) is 0 Å². The van der Waals surface area contributed by atoms with Crippen molar-refractivity contribution in [2.24, 2.45) is 0 Å². The molecule has 2 aliphatic rings. The van der Waals surface area contributed by atoms with Gasteiger partial charge >= 0.3 is 6.03 Å². The van der Waals surface area contributed by atoms with Crippen molar-refractivity contribution in [2.45, 2.75) is 64.1 Å². The fraction of sp³-hybridized carbons (Fsp3) is 0.933. The van der Waals surface area contributed by atoms with Crippen molar-refractivity contribution < 1.29 is 9.53 Å². The molecule has 2 rings (SSSR count). The molecule has 2 aliphatic heterocycles. The molecule has 2 N–H and O–H groups in total. The van der Waals surface area contributed by atoms with E-state index in [2.05, 4.69) is 36.3 Å². The van der Waals surface area contributed by atoms with Crippen LogP contribution in [0.15, 0.2) is 0 Å². The lowest BCUT2D eigenvalue weighted by Gasteiger charge is -2.41.